The molecule has 0 unspecified atom stereocenters. The second kappa shape index (κ2) is 5.31. The van der Waals surface area contributed by atoms with Crippen LogP contribution in [0.1, 0.15) is 5.56 Å². The minimum Gasteiger partial charge on any atom is -0.456 e. The zero-order valence-corrected chi connectivity index (χ0v) is 10.9. The van der Waals surface area contributed by atoms with Crippen molar-refractivity contribution in [3.8, 4) is 11.5 Å². The number of hydrogen-bond donors (Lipinski definition) is 0. The number of benzene rings is 2. The van der Waals surface area contributed by atoms with E-state index in [1.165, 1.54) is 6.07 Å². The monoisotopic (exact) mass is 306 g/mol. The van der Waals surface area contributed by atoms with Crippen molar-refractivity contribution in [2.75, 3.05) is 0 Å². The van der Waals surface area contributed by atoms with Gasteiger partial charge in [0.2, 0.25) is 0 Å². The molecule has 19 heavy (non-hydrogen) atoms. The fourth-order valence-corrected chi connectivity index (χ4v) is 1.73. The Kier molecular flexibility index (Phi) is 3.92. The third-order valence-electron chi connectivity index (χ3n) is 2.30. The smallest absolute Gasteiger partial charge is 0.416 e. The average Bonchev–Trinajstić information content (AvgIpc) is 2.33. The maximum absolute atomic E-state index is 12.5. The van der Waals surface area contributed by atoms with Crippen LogP contribution in [0.2, 0.25) is 10.0 Å². The Morgan fingerprint density at radius 2 is 1.53 bits per heavy atom. The van der Waals surface area contributed by atoms with Gasteiger partial charge in [-0.25, -0.2) is 0 Å². The van der Waals surface area contributed by atoms with Crippen LogP contribution < -0.4 is 4.74 Å². The Bertz CT molecular complexity index is 579. The van der Waals surface area contributed by atoms with Gasteiger partial charge in [0.25, 0.3) is 0 Å². The van der Waals surface area contributed by atoms with Gasteiger partial charge in [0.1, 0.15) is 11.5 Å². The molecule has 0 amide bonds. The number of ether oxygens (including phenoxy) is 1. The summed E-state index contributed by atoms with van der Waals surface area (Å²) < 4.78 is 42.7. The van der Waals surface area contributed by atoms with Gasteiger partial charge in [0, 0.05) is 5.02 Å². The highest BCUT2D eigenvalue weighted by atomic mass is 35.5. The summed E-state index contributed by atoms with van der Waals surface area (Å²) in [7, 11) is 0. The summed E-state index contributed by atoms with van der Waals surface area (Å²) >= 11 is 11.5. The Morgan fingerprint density at radius 3 is 2.05 bits per heavy atom. The number of halogens is 5. The topological polar surface area (TPSA) is 9.23 Å². The molecule has 0 aliphatic heterocycles. The zero-order chi connectivity index (χ0) is 14.0. The van der Waals surface area contributed by atoms with Crippen LogP contribution in [0.4, 0.5) is 13.2 Å². The lowest BCUT2D eigenvalue weighted by molar-refractivity contribution is -0.137. The molecule has 0 saturated carbocycles. The van der Waals surface area contributed by atoms with E-state index in [4.69, 9.17) is 27.9 Å². The minimum atomic E-state index is -4.43. The van der Waals surface area contributed by atoms with Crippen molar-refractivity contribution in [2.24, 2.45) is 0 Å². The standard InChI is InChI=1S/C13H7Cl2F3O/c14-9-2-4-10(5-3-9)19-12-6-1-8(7-11(12)15)13(16,17)18/h1-7H. The van der Waals surface area contributed by atoms with Crippen LogP contribution in [0.3, 0.4) is 0 Å². The van der Waals surface area contributed by atoms with E-state index in [9.17, 15) is 13.2 Å². The van der Waals surface area contributed by atoms with Crippen LogP contribution in [0.15, 0.2) is 42.5 Å². The summed E-state index contributed by atoms with van der Waals surface area (Å²) in [6.07, 6.45) is -4.43. The molecule has 0 spiro atoms. The van der Waals surface area contributed by atoms with Crippen molar-refractivity contribution < 1.29 is 17.9 Å². The molecule has 0 N–H and O–H groups in total. The predicted octanol–water partition coefficient (Wildman–Crippen LogP) is 5.80. The molecule has 0 aliphatic carbocycles. The van der Waals surface area contributed by atoms with Gasteiger partial charge in [-0.2, -0.15) is 13.2 Å². The van der Waals surface area contributed by atoms with Crippen LogP contribution in [-0.2, 0) is 6.18 Å². The van der Waals surface area contributed by atoms with Crippen LogP contribution >= 0.6 is 23.2 Å². The van der Waals surface area contributed by atoms with E-state index in [0.29, 0.717) is 10.8 Å². The third kappa shape index (κ3) is 3.55. The first-order valence-corrected chi connectivity index (χ1v) is 5.92. The molecule has 100 valence electrons. The van der Waals surface area contributed by atoms with Crippen molar-refractivity contribution in [1.29, 1.82) is 0 Å². The van der Waals surface area contributed by atoms with E-state index >= 15 is 0 Å². The van der Waals surface area contributed by atoms with E-state index in [-0.39, 0.29) is 10.8 Å². The van der Waals surface area contributed by atoms with E-state index in [2.05, 4.69) is 0 Å². The largest absolute Gasteiger partial charge is 0.456 e. The lowest BCUT2D eigenvalue weighted by Gasteiger charge is -2.11. The lowest BCUT2D eigenvalue weighted by atomic mass is 10.2. The maximum Gasteiger partial charge on any atom is 0.416 e. The van der Waals surface area contributed by atoms with E-state index in [1.54, 1.807) is 24.3 Å². The van der Waals surface area contributed by atoms with Crippen LogP contribution in [0.5, 0.6) is 11.5 Å². The van der Waals surface area contributed by atoms with Gasteiger partial charge in [-0.05, 0) is 42.5 Å². The van der Waals surface area contributed by atoms with Gasteiger partial charge >= 0.3 is 6.18 Å². The van der Waals surface area contributed by atoms with Crippen molar-refractivity contribution in [2.45, 2.75) is 6.18 Å². The molecule has 0 heterocycles. The zero-order valence-electron chi connectivity index (χ0n) is 9.34. The van der Waals surface area contributed by atoms with Crippen LogP contribution in [-0.4, -0.2) is 0 Å². The maximum atomic E-state index is 12.5. The SMILES string of the molecule is FC(F)(F)c1ccc(Oc2ccc(Cl)cc2)c(Cl)c1. The quantitative estimate of drug-likeness (QED) is 0.681. The summed E-state index contributed by atoms with van der Waals surface area (Å²) in [5.74, 6) is 0.586. The molecule has 0 atom stereocenters. The minimum absolute atomic E-state index is 0.107. The van der Waals surface area contributed by atoms with Crippen molar-refractivity contribution in [3.63, 3.8) is 0 Å². The molecular weight excluding hydrogens is 300 g/mol. The van der Waals surface area contributed by atoms with Crippen molar-refractivity contribution in [3.05, 3.63) is 58.1 Å². The molecule has 0 aromatic heterocycles. The van der Waals surface area contributed by atoms with Crippen LogP contribution in [0, 0.1) is 0 Å². The molecule has 0 saturated heterocycles. The second-order valence-electron chi connectivity index (χ2n) is 3.70. The fraction of sp³-hybridized carbons (Fsp3) is 0.0769. The van der Waals surface area contributed by atoms with Crippen LogP contribution in [0.25, 0.3) is 0 Å². The first-order chi connectivity index (χ1) is 8.86. The lowest BCUT2D eigenvalue weighted by Crippen LogP contribution is -2.04. The highest BCUT2D eigenvalue weighted by Crippen LogP contribution is 2.36. The molecule has 0 fully saturated rings. The fourth-order valence-electron chi connectivity index (χ4n) is 1.39. The van der Waals surface area contributed by atoms with E-state index in [0.717, 1.165) is 12.1 Å². The molecule has 0 radical (unpaired) electrons. The van der Waals surface area contributed by atoms with E-state index in [1.807, 2.05) is 0 Å². The Morgan fingerprint density at radius 1 is 0.895 bits per heavy atom. The Hall–Kier alpha value is -1.39. The average molecular weight is 307 g/mol. The summed E-state index contributed by atoms with van der Waals surface area (Å²) in [6, 6.07) is 9.32. The molecule has 0 bridgehead atoms. The van der Waals surface area contributed by atoms with Gasteiger partial charge in [-0.15, -0.1) is 0 Å². The van der Waals surface area contributed by atoms with Crippen molar-refractivity contribution in [1.82, 2.24) is 0 Å². The van der Waals surface area contributed by atoms with Gasteiger partial charge in [0.05, 0.1) is 10.6 Å². The normalized spacial score (nSPS) is 11.4. The summed E-state index contributed by atoms with van der Waals surface area (Å²) in [5.41, 5.74) is -0.819. The predicted molar refractivity (Wildman–Crippen MR) is 68.0 cm³/mol. The highest BCUT2D eigenvalue weighted by molar-refractivity contribution is 6.32. The van der Waals surface area contributed by atoms with E-state index < -0.39 is 11.7 Å². The summed E-state index contributed by atoms with van der Waals surface area (Å²) in [4.78, 5) is 0. The molecule has 6 heteroatoms. The molecule has 2 aromatic carbocycles. The summed E-state index contributed by atoms with van der Waals surface area (Å²) in [5, 5.41) is 0.427. The van der Waals surface area contributed by atoms with Gasteiger partial charge in [-0.1, -0.05) is 23.2 Å². The van der Waals surface area contributed by atoms with Gasteiger partial charge < -0.3 is 4.74 Å². The van der Waals surface area contributed by atoms with Gasteiger partial charge in [0.15, 0.2) is 0 Å². The highest BCUT2D eigenvalue weighted by Gasteiger charge is 2.31. The van der Waals surface area contributed by atoms with Crippen molar-refractivity contribution >= 4 is 23.2 Å². The first kappa shape index (κ1) is 14.0. The summed E-state index contributed by atoms with van der Waals surface area (Å²) in [6.45, 7) is 0. The Balaban J connectivity index is 2.24. The molecule has 0 aliphatic rings. The number of alkyl halides is 3. The first-order valence-electron chi connectivity index (χ1n) is 5.16. The molecule has 2 rings (SSSR count). The number of hydrogen-bond acceptors (Lipinski definition) is 1. The number of rotatable bonds is 2. The molecule has 1 nitrogen and oxygen atoms in total. The third-order valence-corrected chi connectivity index (χ3v) is 2.85. The molecule has 2 aromatic rings. The second-order valence-corrected chi connectivity index (χ2v) is 4.54. The molecular formula is C13H7Cl2F3O. The Labute approximate surface area is 117 Å². The van der Waals surface area contributed by atoms with Gasteiger partial charge in [-0.3, -0.25) is 0 Å².